The highest BCUT2D eigenvalue weighted by atomic mass is 19.1. The van der Waals surface area contributed by atoms with E-state index in [0.29, 0.717) is 17.7 Å². The molecule has 2 aromatic carbocycles. The van der Waals surface area contributed by atoms with Gasteiger partial charge in [-0.3, -0.25) is 0 Å². The maximum atomic E-state index is 14.2. The summed E-state index contributed by atoms with van der Waals surface area (Å²) in [5.74, 6) is 0.629. The van der Waals surface area contributed by atoms with Crippen molar-refractivity contribution in [3.8, 4) is 11.5 Å². The molecule has 0 aliphatic heterocycles. The molecule has 0 N–H and O–H groups in total. The van der Waals surface area contributed by atoms with Gasteiger partial charge in [0.15, 0.2) is 11.6 Å². The van der Waals surface area contributed by atoms with Crippen LogP contribution in [0.15, 0.2) is 30.3 Å². The predicted molar refractivity (Wildman–Crippen MR) is 80.0 cm³/mol. The standard InChI is InChI=1S/C17H21FO2/c1-17(2,3)10-11-20-14-7-5-6-13-12(14)8-9-15(19-4)16(13)18/h5-9H,10-11H2,1-4H3. The molecule has 20 heavy (non-hydrogen) atoms. The van der Waals surface area contributed by atoms with Gasteiger partial charge in [-0.15, -0.1) is 0 Å². The first-order chi connectivity index (χ1) is 9.42. The van der Waals surface area contributed by atoms with Gasteiger partial charge < -0.3 is 9.47 Å². The molecule has 0 bridgehead atoms. The highest BCUT2D eigenvalue weighted by molar-refractivity contribution is 5.90. The normalized spacial score (nSPS) is 11.7. The largest absolute Gasteiger partial charge is 0.494 e. The van der Waals surface area contributed by atoms with E-state index < -0.39 is 0 Å². The number of methoxy groups -OCH3 is 1. The Morgan fingerprint density at radius 3 is 2.40 bits per heavy atom. The minimum absolute atomic E-state index is 0.221. The molecule has 3 heteroatoms. The molecule has 0 atom stereocenters. The van der Waals surface area contributed by atoms with Crippen molar-refractivity contribution in [2.24, 2.45) is 5.41 Å². The molecule has 108 valence electrons. The zero-order valence-corrected chi connectivity index (χ0v) is 12.5. The Bertz CT molecular complexity index is 600. The molecule has 0 aromatic heterocycles. The molecule has 2 rings (SSSR count). The van der Waals surface area contributed by atoms with Gasteiger partial charge in [0.05, 0.1) is 13.7 Å². The van der Waals surface area contributed by atoms with E-state index >= 15 is 0 Å². The van der Waals surface area contributed by atoms with E-state index in [9.17, 15) is 4.39 Å². The van der Waals surface area contributed by atoms with Crippen LogP contribution in [0.2, 0.25) is 0 Å². The van der Waals surface area contributed by atoms with Crippen LogP contribution in [-0.4, -0.2) is 13.7 Å². The Balaban J connectivity index is 2.29. The summed E-state index contributed by atoms with van der Waals surface area (Å²) in [7, 11) is 1.47. The van der Waals surface area contributed by atoms with Gasteiger partial charge in [0.25, 0.3) is 0 Å². The van der Waals surface area contributed by atoms with Crippen LogP contribution in [0.1, 0.15) is 27.2 Å². The Hall–Kier alpha value is -1.77. The average Bonchev–Trinajstić information content (AvgIpc) is 2.38. The molecular formula is C17H21FO2. The number of rotatable bonds is 4. The lowest BCUT2D eigenvalue weighted by atomic mass is 9.93. The Morgan fingerprint density at radius 1 is 1.00 bits per heavy atom. The Kier molecular flexibility index (Phi) is 4.17. The Morgan fingerprint density at radius 2 is 1.75 bits per heavy atom. The van der Waals surface area contributed by atoms with Crippen LogP contribution < -0.4 is 9.47 Å². The van der Waals surface area contributed by atoms with Gasteiger partial charge in [0.1, 0.15) is 5.75 Å². The molecule has 2 aromatic rings. The summed E-state index contributed by atoms with van der Waals surface area (Å²) in [6.45, 7) is 7.13. The van der Waals surface area contributed by atoms with Crippen LogP contribution in [0.3, 0.4) is 0 Å². The molecule has 0 aliphatic carbocycles. The van der Waals surface area contributed by atoms with Gasteiger partial charge in [-0.1, -0.05) is 32.9 Å². The fraction of sp³-hybridized carbons (Fsp3) is 0.412. The zero-order chi connectivity index (χ0) is 14.8. The van der Waals surface area contributed by atoms with E-state index in [0.717, 1.165) is 11.8 Å². The molecule has 0 saturated heterocycles. The molecule has 0 fully saturated rings. The monoisotopic (exact) mass is 276 g/mol. The fourth-order valence-corrected chi connectivity index (χ4v) is 2.02. The number of hydrogen-bond donors (Lipinski definition) is 0. The summed E-state index contributed by atoms with van der Waals surface area (Å²) in [6, 6.07) is 8.88. The summed E-state index contributed by atoms with van der Waals surface area (Å²) in [5, 5.41) is 1.30. The van der Waals surface area contributed by atoms with Crippen LogP contribution in [0, 0.1) is 11.2 Å². The van der Waals surface area contributed by atoms with Gasteiger partial charge in [-0.2, -0.15) is 0 Å². The van der Waals surface area contributed by atoms with E-state index in [2.05, 4.69) is 20.8 Å². The lowest BCUT2D eigenvalue weighted by molar-refractivity contribution is 0.245. The van der Waals surface area contributed by atoms with Crippen molar-refractivity contribution in [2.45, 2.75) is 27.2 Å². The third kappa shape index (κ3) is 3.21. The summed E-state index contributed by atoms with van der Waals surface area (Å²) < 4.78 is 25.0. The quantitative estimate of drug-likeness (QED) is 0.798. The smallest absolute Gasteiger partial charge is 0.172 e. The van der Waals surface area contributed by atoms with Gasteiger partial charge in [-0.25, -0.2) is 4.39 Å². The predicted octanol–water partition coefficient (Wildman–Crippen LogP) is 4.80. The first-order valence-corrected chi connectivity index (χ1v) is 6.80. The fourth-order valence-electron chi connectivity index (χ4n) is 2.02. The second-order valence-corrected chi connectivity index (χ2v) is 6.09. The number of fused-ring (bicyclic) bond motifs is 1. The minimum Gasteiger partial charge on any atom is -0.494 e. The van der Waals surface area contributed by atoms with Crippen LogP contribution >= 0.6 is 0 Å². The third-order valence-electron chi connectivity index (χ3n) is 3.25. The van der Waals surface area contributed by atoms with E-state index in [-0.39, 0.29) is 17.0 Å². The molecule has 0 aliphatic rings. The van der Waals surface area contributed by atoms with Crippen LogP contribution in [0.4, 0.5) is 4.39 Å². The van der Waals surface area contributed by atoms with Gasteiger partial charge >= 0.3 is 0 Å². The minimum atomic E-state index is -0.341. The van der Waals surface area contributed by atoms with Crippen molar-refractivity contribution < 1.29 is 13.9 Å². The molecular weight excluding hydrogens is 255 g/mol. The highest BCUT2D eigenvalue weighted by Gasteiger charge is 2.13. The van der Waals surface area contributed by atoms with Gasteiger partial charge in [0, 0.05) is 10.8 Å². The van der Waals surface area contributed by atoms with Crippen LogP contribution in [0.5, 0.6) is 11.5 Å². The lowest BCUT2D eigenvalue weighted by Crippen LogP contribution is -2.11. The average molecular weight is 276 g/mol. The number of halogens is 1. The van der Waals surface area contributed by atoms with Crippen molar-refractivity contribution in [1.82, 2.24) is 0 Å². The molecule has 0 heterocycles. The molecule has 0 radical (unpaired) electrons. The van der Waals surface area contributed by atoms with E-state index in [1.807, 2.05) is 12.1 Å². The first kappa shape index (κ1) is 14.6. The SMILES string of the molecule is COc1ccc2c(OCCC(C)(C)C)cccc2c1F. The van der Waals surface area contributed by atoms with Crippen molar-refractivity contribution in [3.05, 3.63) is 36.1 Å². The lowest BCUT2D eigenvalue weighted by Gasteiger charge is -2.18. The number of benzene rings is 2. The Labute approximate surface area is 119 Å². The molecule has 0 unspecified atom stereocenters. The molecule has 2 nitrogen and oxygen atoms in total. The first-order valence-electron chi connectivity index (χ1n) is 6.80. The maximum absolute atomic E-state index is 14.2. The third-order valence-corrected chi connectivity index (χ3v) is 3.25. The second kappa shape index (κ2) is 5.70. The van der Waals surface area contributed by atoms with E-state index in [1.54, 1.807) is 18.2 Å². The van der Waals surface area contributed by atoms with Gasteiger partial charge in [0.2, 0.25) is 0 Å². The van der Waals surface area contributed by atoms with Crippen molar-refractivity contribution >= 4 is 10.8 Å². The molecule has 0 amide bonds. The number of hydrogen-bond acceptors (Lipinski definition) is 2. The zero-order valence-electron chi connectivity index (χ0n) is 12.5. The van der Waals surface area contributed by atoms with Crippen molar-refractivity contribution in [3.63, 3.8) is 0 Å². The van der Waals surface area contributed by atoms with Crippen LogP contribution in [0.25, 0.3) is 10.8 Å². The van der Waals surface area contributed by atoms with E-state index in [4.69, 9.17) is 9.47 Å². The summed E-state index contributed by atoms with van der Waals surface area (Å²) in [4.78, 5) is 0. The summed E-state index contributed by atoms with van der Waals surface area (Å²) in [5.41, 5.74) is 0.221. The van der Waals surface area contributed by atoms with Crippen LogP contribution in [-0.2, 0) is 0 Å². The number of ether oxygens (including phenoxy) is 2. The van der Waals surface area contributed by atoms with Crippen molar-refractivity contribution in [2.75, 3.05) is 13.7 Å². The summed E-state index contributed by atoms with van der Waals surface area (Å²) >= 11 is 0. The summed E-state index contributed by atoms with van der Waals surface area (Å²) in [6.07, 6.45) is 0.946. The van der Waals surface area contributed by atoms with E-state index in [1.165, 1.54) is 7.11 Å². The second-order valence-electron chi connectivity index (χ2n) is 6.09. The molecule has 0 spiro atoms. The topological polar surface area (TPSA) is 18.5 Å². The van der Waals surface area contributed by atoms with Crippen molar-refractivity contribution in [1.29, 1.82) is 0 Å². The maximum Gasteiger partial charge on any atom is 0.172 e. The highest BCUT2D eigenvalue weighted by Crippen LogP contribution is 2.32. The van der Waals surface area contributed by atoms with Gasteiger partial charge in [-0.05, 0) is 30.0 Å². The molecule has 0 saturated carbocycles.